The van der Waals surface area contributed by atoms with Crippen LogP contribution in [0.2, 0.25) is 5.02 Å². The molecular weight excluding hydrogens is 286 g/mol. The predicted octanol–water partition coefficient (Wildman–Crippen LogP) is 3.61. The molecule has 5 heteroatoms. The first kappa shape index (κ1) is 12.5. The lowest BCUT2D eigenvalue weighted by atomic mass is 10.1. The van der Waals surface area contributed by atoms with Crippen LogP contribution in [0.1, 0.15) is 17.3 Å². The number of benzene rings is 1. The molecule has 0 heterocycles. The Labute approximate surface area is 101 Å². The molecule has 82 valence electrons. The van der Waals surface area contributed by atoms with Crippen molar-refractivity contribution in [1.29, 1.82) is 0 Å². The second-order valence-corrected chi connectivity index (χ2v) is 4.68. The molecule has 0 bridgehead atoms. The van der Waals surface area contributed by atoms with Crippen molar-refractivity contribution in [3.63, 3.8) is 0 Å². The Morgan fingerprint density at radius 1 is 1.67 bits per heavy atom. The molecule has 0 aromatic heterocycles. The number of Topliss-reactive ketones (excluding diaryl/α,β-unsaturated/α-hetero) is 1. The molecule has 0 radical (unpaired) electrons. The van der Waals surface area contributed by atoms with E-state index >= 15 is 0 Å². The molecule has 0 N–H and O–H groups in total. The fraction of sp³-hybridized carbons (Fsp3) is 0.300. The Balaban J connectivity index is 3.10. The van der Waals surface area contributed by atoms with Crippen LogP contribution in [0.3, 0.4) is 0 Å². The van der Waals surface area contributed by atoms with E-state index in [4.69, 9.17) is 16.3 Å². The summed E-state index contributed by atoms with van der Waals surface area (Å²) in [5.74, 6) is -0.00332. The summed E-state index contributed by atoms with van der Waals surface area (Å²) < 4.78 is 16.8. The van der Waals surface area contributed by atoms with Crippen molar-refractivity contribution >= 4 is 33.3 Å². The normalized spacial score (nSPS) is 12.3. The summed E-state index contributed by atoms with van der Waals surface area (Å²) in [5.41, 5.74) is 0.321. The zero-order chi connectivity index (χ0) is 11.4. The van der Waals surface area contributed by atoms with Crippen LogP contribution in [0.25, 0.3) is 0 Å². The zero-order valence-corrected chi connectivity index (χ0v) is 10.3. The molecule has 15 heavy (non-hydrogen) atoms. The summed E-state index contributed by atoms with van der Waals surface area (Å²) in [4.78, 5) is 11.3. The van der Waals surface area contributed by atoms with Crippen molar-refractivity contribution in [3.05, 3.63) is 28.8 Å². The minimum absolute atomic E-state index is 0.168. The molecule has 1 aromatic carbocycles. The fourth-order valence-corrected chi connectivity index (χ4v) is 1.50. The van der Waals surface area contributed by atoms with Crippen LogP contribution >= 0.6 is 27.5 Å². The molecule has 0 amide bonds. The van der Waals surface area contributed by atoms with Crippen LogP contribution in [-0.2, 0) is 0 Å². The number of hydrogen-bond acceptors (Lipinski definition) is 2. The van der Waals surface area contributed by atoms with Gasteiger partial charge < -0.3 is 4.74 Å². The lowest BCUT2D eigenvalue weighted by molar-refractivity contribution is 0.0988. The van der Waals surface area contributed by atoms with Gasteiger partial charge in [0.2, 0.25) is 6.86 Å². The molecule has 0 aliphatic rings. The van der Waals surface area contributed by atoms with E-state index in [2.05, 4.69) is 15.9 Å². The second kappa shape index (κ2) is 5.47. The smallest absolute Gasteiger partial charge is 0.228 e. The Bertz CT molecular complexity index is 368. The van der Waals surface area contributed by atoms with Crippen LogP contribution < -0.4 is 4.74 Å². The lowest BCUT2D eigenvalue weighted by Gasteiger charge is -2.09. The highest BCUT2D eigenvalue weighted by Crippen LogP contribution is 2.26. The minimum Gasteiger partial charge on any atom is -0.462 e. The topological polar surface area (TPSA) is 26.3 Å². The van der Waals surface area contributed by atoms with Crippen molar-refractivity contribution in [3.8, 4) is 5.75 Å². The summed E-state index contributed by atoms with van der Waals surface area (Å²) in [7, 11) is 0. The highest BCUT2D eigenvalue weighted by atomic mass is 79.9. The first-order valence-electron chi connectivity index (χ1n) is 4.23. The van der Waals surface area contributed by atoms with E-state index in [1.54, 1.807) is 13.0 Å². The van der Waals surface area contributed by atoms with Gasteiger partial charge in [-0.05, 0) is 25.1 Å². The van der Waals surface area contributed by atoms with Gasteiger partial charge in [-0.2, -0.15) is 0 Å². The SMILES string of the molecule is CC(Br)C(=O)c1ccc(Cl)cc1OCF. The standard InChI is InChI=1S/C10H9BrClFO2/c1-6(11)10(14)8-3-2-7(12)4-9(8)15-5-13/h2-4,6H,5H2,1H3. The summed E-state index contributed by atoms with van der Waals surface area (Å²) in [6, 6.07) is 4.51. The Morgan fingerprint density at radius 3 is 2.87 bits per heavy atom. The maximum atomic E-state index is 12.1. The van der Waals surface area contributed by atoms with Crippen molar-refractivity contribution in [2.75, 3.05) is 6.86 Å². The summed E-state index contributed by atoms with van der Waals surface area (Å²) in [5, 5.41) is 0.400. The Kier molecular flexibility index (Phi) is 4.54. The van der Waals surface area contributed by atoms with E-state index in [1.165, 1.54) is 12.1 Å². The van der Waals surface area contributed by atoms with Gasteiger partial charge in [0.1, 0.15) is 5.75 Å². The van der Waals surface area contributed by atoms with Gasteiger partial charge in [-0.15, -0.1) is 0 Å². The molecular formula is C10H9BrClFO2. The number of ether oxygens (including phenoxy) is 1. The summed E-state index contributed by atoms with van der Waals surface area (Å²) in [6.07, 6.45) is 0. The van der Waals surface area contributed by atoms with Crippen molar-refractivity contribution in [2.45, 2.75) is 11.8 Å². The van der Waals surface area contributed by atoms with E-state index < -0.39 is 6.86 Å². The minimum atomic E-state index is -0.989. The van der Waals surface area contributed by atoms with E-state index in [0.717, 1.165) is 0 Å². The number of ketones is 1. The molecule has 1 atom stereocenters. The van der Waals surface area contributed by atoms with E-state index in [1.807, 2.05) is 0 Å². The molecule has 0 saturated carbocycles. The van der Waals surface area contributed by atoms with Gasteiger partial charge in [-0.3, -0.25) is 4.79 Å². The lowest BCUT2D eigenvalue weighted by Crippen LogP contribution is -2.11. The molecule has 0 saturated heterocycles. The van der Waals surface area contributed by atoms with Gasteiger partial charge in [-0.1, -0.05) is 27.5 Å². The molecule has 0 aliphatic heterocycles. The maximum Gasteiger partial charge on any atom is 0.228 e. The Morgan fingerprint density at radius 2 is 2.33 bits per heavy atom. The van der Waals surface area contributed by atoms with Crippen molar-refractivity contribution < 1.29 is 13.9 Å². The second-order valence-electron chi connectivity index (χ2n) is 2.87. The predicted molar refractivity (Wildman–Crippen MR) is 60.8 cm³/mol. The van der Waals surface area contributed by atoms with E-state index in [0.29, 0.717) is 10.6 Å². The fourth-order valence-electron chi connectivity index (χ4n) is 1.09. The van der Waals surface area contributed by atoms with Crippen LogP contribution in [0.4, 0.5) is 4.39 Å². The average Bonchev–Trinajstić information content (AvgIpc) is 2.17. The van der Waals surface area contributed by atoms with E-state index in [9.17, 15) is 9.18 Å². The highest BCUT2D eigenvalue weighted by molar-refractivity contribution is 9.10. The Hall–Kier alpha value is -0.610. The number of carbonyl (C=O) groups is 1. The first-order valence-corrected chi connectivity index (χ1v) is 5.52. The third-order valence-electron chi connectivity index (χ3n) is 1.78. The van der Waals surface area contributed by atoms with Gasteiger partial charge in [0.05, 0.1) is 10.4 Å². The number of alkyl halides is 2. The molecule has 1 aromatic rings. The molecule has 1 rings (SSSR count). The van der Waals surface area contributed by atoms with Crippen LogP contribution in [-0.4, -0.2) is 17.5 Å². The monoisotopic (exact) mass is 294 g/mol. The maximum absolute atomic E-state index is 12.1. The molecule has 0 aliphatic carbocycles. The number of hydrogen-bond donors (Lipinski definition) is 0. The molecule has 1 unspecified atom stereocenters. The van der Waals surface area contributed by atoms with Crippen molar-refractivity contribution in [1.82, 2.24) is 0 Å². The molecule has 0 spiro atoms. The highest BCUT2D eigenvalue weighted by Gasteiger charge is 2.17. The van der Waals surface area contributed by atoms with Crippen LogP contribution in [0.5, 0.6) is 5.75 Å². The number of rotatable bonds is 4. The molecule has 0 fully saturated rings. The van der Waals surface area contributed by atoms with Crippen LogP contribution in [0, 0.1) is 0 Å². The largest absolute Gasteiger partial charge is 0.462 e. The third-order valence-corrected chi connectivity index (χ3v) is 2.43. The van der Waals surface area contributed by atoms with Crippen molar-refractivity contribution in [2.24, 2.45) is 0 Å². The van der Waals surface area contributed by atoms with Gasteiger partial charge >= 0.3 is 0 Å². The molecule has 2 nitrogen and oxygen atoms in total. The zero-order valence-electron chi connectivity index (χ0n) is 7.97. The van der Waals surface area contributed by atoms with Gasteiger partial charge in [-0.25, -0.2) is 4.39 Å². The van der Waals surface area contributed by atoms with Gasteiger partial charge in [0.25, 0.3) is 0 Å². The summed E-state index contributed by atoms with van der Waals surface area (Å²) >= 11 is 8.86. The van der Waals surface area contributed by atoms with E-state index in [-0.39, 0.29) is 16.4 Å². The van der Waals surface area contributed by atoms with Gasteiger partial charge in [0, 0.05) is 5.02 Å². The number of halogens is 3. The summed E-state index contributed by atoms with van der Waals surface area (Å²) in [6.45, 7) is 0.702. The first-order chi connectivity index (χ1) is 7.06. The quantitative estimate of drug-likeness (QED) is 0.626. The third kappa shape index (κ3) is 3.18. The van der Waals surface area contributed by atoms with Crippen LogP contribution in [0.15, 0.2) is 18.2 Å². The average molecular weight is 296 g/mol. The number of carbonyl (C=O) groups excluding carboxylic acids is 1. The van der Waals surface area contributed by atoms with Gasteiger partial charge in [0.15, 0.2) is 5.78 Å².